The van der Waals surface area contributed by atoms with E-state index in [0.717, 1.165) is 0 Å². The molecule has 0 heterocycles. The molecule has 0 atom stereocenters. The summed E-state index contributed by atoms with van der Waals surface area (Å²) in [7, 11) is -3.93. The molecule has 17 heavy (non-hydrogen) atoms. The highest BCUT2D eigenvalue weighted by Crippen LogP contribution is 2.17. The summed E-state index contributed by atoms with van der Waals surface area (Å²) < 4.78 is 24.1. The predicted molar refractivity (Wildman–Crippen MR) is 60.8 cm³/mol. The lowest BCUT2D eigenvalue weighted by molar-refractivity contribution is -0.135. The van der Waals surface area contributed by atoms with Crippen LogP contribution in [-0.4, -0.2) is 31.8 Å². The van der Waals surface area contributed by atoms with Crippen LogP contribution >= 0.6 is 0 Å². The van der Waals surface area contributed by atoms with Crippen molar-refractivity contribution in [3.05, 3.63) is 30.3 Å². The van der Waals surface area contributed by atoms with Crippen molar-refractivity contribution in [2.45, 2.75) is 0 Å². The van der Waals surface area contributed by atoms with Gasteiger partial charge in [0.05, 0.1) is 11.8 Å². The van der Waals surface area contributed by atoms with Crippen LogP contribution in [0.25, 0.3) is 0 Å². The number of carboxylic acid groups (broad SMARTS) is 1. The quantitative estimate of drug-likeness (QED) is 0.821. The normalized spacial score (nSPS) is 10.5. The molecular weight excluding hydrogens is 244 g/mol. The number of benzene rings is 1. The van der Waals surface area contributed by atoms with Gasteiger partial charge in [0.25, 0.3) is 0 Å². The highest BCUT2D eigenvalue weighted by Gasteiger charge is 2.24. The zero-order valence-corrected chi connectivity index (χ0v) is 9.59. The van der Waals surface area contributed by atoms with Gasteiger partial charge in [0, 0.05) is 0 Å². The minimum atomic E-state index is -3.93. The second-order valence-corrected chi connectivity index (χ2v) is 5.04. The Kier molecular flexibility index (Phi) is 4.06. The molecule has 0 amide bonds. The third kappa shape index (κ3) is 3.46. The number of rotatable bonds is 5. The first-order valence-corrected chi connectivity index (χ1v) is 6.22. The number of nitriles is 1. The van der Waals surface area contributed by atoms with Gasteiger partial charge in [-0.15, -0.1) is 0 Å². The van der Waals surface area contributed by atoms with Crippen LogP contribution in [0.15, 0.2) is 30.3 Å². The third-order valence-corrected chi connectivity index (χ3v) is 3.41. The molecular formula is C10H10N2O4S. The average molecular weight is 254 g/mol. The second-order valence-electron chi connectivity index (χ2n) is 3.15. The minimum Gasteiger partial charge on any atom is -0.480 e. The standard InChI is InChI=1S/C10H10N2O4S/c11-6-7-17(15,16)12(8-10(13)14)9-4-2-1-3-5-9/h1-5H,7-8H2,(H,13,14). The third-order valence-electron chi connectivity index (χ3n) is 1.91. The lowest BCUT2D eigenvalue weighted by Crippen LogP contribution is -2.37. The van der Waals surface area contributed by atoms with Gasteiger partial charge in [-0.1, -0.05) is 18.2 Å². The van der Waals surface area contributed by atoms with E-state index in [9.17, 15) is 13.2 Å². The number of hydrogen-bond donors (Lipinski definition) is 1. The molecule has 1 N–H and O–H groups in total. The lowest BCUT2D eigenvalue weighted by Gasteiger charge is -2.20. The van der Waals surface area contributed by atoms with E-state index >= 15 is 0 Å². The smallest absolute Gasteiger partial charge is 0.324 e. The fourth-order valence-electron chi connectivity index (χ4n) is 1.23. The Morgan fingerprint density at radius 2 is 1.94 bits per heavy atom. The highest BCUT2D eigenvalue weighted by molar-refractivity contribution is 7.93. The number of aliphatic carboxylic acids is 1. The average Bonchev–Trinajstić information content (AvgIpc) is 2.26. The van der Waals surface area contributed by atoms with Gasteiger partial charge in [-0.25, -0.2) is 8.42 Å². The predicted octanol–water partition coefficient (Wildman–Crippen LogP) is 0.431. The van der Waals surface area contributed by atoms with Crippen LogP contribution in [0.3, 0.4) is 0 Å². The summed E-state index contributed by atoms with van der Waals surface area (Å²) in [4.78, 5) is 10.6. The molecule has 7 heteroatoms. The monoisotopic (exact) mass is 254 g/mol. The Balaban J connectivity index is 3.14. The van der Waals surface area contributed by atoms with Crippen LogP contribution < -0.4 is 4.31 Å². The fourth-order valence-corrected chi connectivity index (χ4v) is 2.30. The number of sulfonamides is 1. The molecule has 0 aliphatic rings. The number of anilines is 1. The van der Waals surface area contributed by atoms with Gasteiger partial charge >= 0.3 is 5.97 Å². The number of para-hydroxylation sites is 1. The molecule has 1 rings (SSSR count). The molecule has 0 fully saturated rings. The zero-order chi connectivity index (χ0) is 12.9. The van der Waals surface area contributed by atoms with Crippen LogP contribution in [0, 0.1) is 11.3 Å². The SMILES string of the molecule is N#CCS(=O)(=O)N(CC(=O)O)c1ccccc1. The fraction of sp³-hybridized carbons (Fsp3) is 0.200. The number of carboxylic acids is 1. The largest absolute Gasteiger partial charge is 0.480 e. The molecule has 6 nitrogen and oxygen atoms in total. The van der Waals surface area contributed by atoms with Gasteiger partial charge in [-0.05, 0) is 12.1 Å². The number of nitrogens with zero attached hydrogens (tertiary/aromatic N) is 2. The summed E-state index contributed by atoms with van der Waals surface area (Å²) in [6.45, 7) is -0.700. The van der Waals surface area contributed by atoms with Crippen molar-refractivity contribution < 1.29 is 18.3 Å². The molecule has 0 bridgehead atoms. The highest BCUT2D eigenvalue weighted by atomic mass is 32.2. The Bertz CT molecular complexity index is 533. The Hall–Kier alpha value is -2.07. The molecule has 0 unspecified atom stereocenters. The molecule has 1 aromatic rings. The maximum atomic E-state index is 11.7. The van der Waals surface area contributed by atoms with Crippen molar-refractivity contribution >= 4 is 21.7 Å². The van der Waals surface area contributed by atoms with Crippen molar-refractivity contribution in [3.63, 3.8) is 0 Å². The second kappa shape index (κ2) is 5.32. The van der Waals surface area contributed by atoms with Crippen molar-refractivity contribution in [2.75, 3.05) is 16.6 Å². The summed E-state index contributed by atoms with van der Waals surface area (Å²) >= 11 is 0. The Morgan fingerprint density at radius 3 is 2.41 bits per heavy atom. The van der Waals surface area contributed by atoms with Crippen LogP contribution in [0.2, 0.25) is 0 Å². The summed E-state index contributed by atoms with van der Waals surface area (Å²) in [5.41, 5.74) is 0.227. The summed E-state index contributed by atoms with van der Waals surface area (Å²) in [5, 5.41) is 17.1. The molecule has 0 saturated heterocycles. The van der Waals surface area contributed by atoms with E-state index in [1.54, 1.807) is 18.2 Å². The van der Waals surface area contributed by atoms with Gasteiger partial charge in [0.1, 0.15) is 6.54 Å². The van der Waals surface area contributed by atoms with Crippen molar-refractivity contribution in [1.82, 2.24) is 0 Å². The van der Waals surface area contributed by atoms with Gasteiger partial charge in [0.15, 0.2) is 5.75 Å². The van der Waals surface area contributed by atoms with Crippen molar-refractivity contribution in [2.24, 2.45) is 0 Å². The molecule has 1 aromatic carbocycles. The summed E-state index contributed by atoms with van der Waals surface area (Å²) in [6, 6.07) is 9.31. The minimum absolute atomic E-state index is 0.227. The van der Waals surface area contributed by atoms with Crippen molar-refractivity contribution in [1.29, 1.82) is 5.26 Å². The van der Waals surface area contributed by atoms with Crippen LogP contribution in [0.5, 0.6) is 0 Å². The van der Waals surface area contributed by atoms with Gasteiger partial charge in [-0.3, -0.25) is 9.10 Å². The topological polar surface area (TPSA) is 98.5 Å². The molecule has 0 aliphatic carbocycles. The van der Waals surface area contributed by atoms with Gasteiger partial charge < -0.3 is 5.11 Å². The Morgan fingerprint density at radius 1 is 1.35 bits per heavy atom. The van der Waals surface area contributed by atoms with E-state index in [0.29, 0.717) is 4.31 Å². The molecule has 90 valence electrons. The van der Waals surface area contributed by atoms with Crippen LogP contribution in [-0.2, 0) is 14.8 Å². The van der Waals surface area contributed by atoms with E-state index in [4.69, 9.17) is 10.4 Å². The number of carbonyl (C=O) groups is 1. The molecule has 0 spiro atoms. The first-order valence-electron chi connectivity index (χ1n) is 4.61. The maximum absolute atomic E-state index is 11.7. The number of hydrogen-bond acceptors (Lipinski definition) is 4. The maximum Gasteiger partial charge on any atom is 0.324 e. The van der Waals surface area contributed by atoms with Crippen molar-refractivity contribution in [3.8, 4) is 6.07 Å². The van der Waals surface area contributed by atoms with E-state index in [2.05, 4.69) is 0 Å². The summed E-state index contributed by atoms with van der Waals surface area (Å²) in [5.74, 6) is -2.04. The van der Waals surface area contributed by atoms with Gasteiger partial charge in [0.2, 0.25) is 10.0 Å². The first kappa shape index (κ1) is 13.0. The molecule has 0 radical (unpaired) electrons. The van der Waals surface area contributed by atoms with Crippen LogP contribution in [0.4, 0.5) is 5.69 Å². The summed E-state index contributed by atoms with van der Waals surface area (Å²) in [6.07, 6.45) is 0. The Labute approximate surface area is 98.8 Å². The van der Waals surface area contributed by atoms with E-state index in [1.807, 2.05) is 0 Å². The molecule has 0 saturated carbocycles. The molecule has 0 aromatic heterocycles. The lowest BCUT2D eigenvalue weighted by atomic mass is 10.3. The zero-order valence-electron chi connectivity index (χ0n) is 8.78. The van der Waals surface area contributed by atoms with E-state index < -0.39 is 28.3 Å². The van der Waals surface area contributed by atoms with E-state index in [-0.39, 0.29) is 5.69 Å². The first-order chi connectivity index (χ1) is 7.97. The van der Waals surface area contributed by atoms with Gasteiger partial charge in [-0.2, -0.15) is 5.26 Å². The van der Waals surface area contributed by atoms with Crippen LogP contribution in [0.1, 0.15) is 0 Å². The molecule has 0 aliphatic heterocycles. The van der Waals surface area contributed by atoms with E-state index in [1.165, 1.54) is 18.2 Å².